The van der Waals surface area contributed by atoms with Crippen LogP contribution in [0.4, 0.5) is 0 Å². The molecule has 1 aliphatic rings. The van der Waals surface area contributed by atoms with E-state index in [1.54, 1.807) is 18.5 Å². The lowest BCUT2D eigenvalue weighted by Gasteiger charge is -2.34. The molecule has 164 valence electrons. The fraction of sp³-hybridized carbons (Fsp3) is 0.556. The van der Waals surface area contributed by atoms with Crippen molar-refractivity contribution in [2.24, 2.45) is 0 Å². The average molecular weight is 432 g/mol. The van der Waals surface area contributed by atoms with Crippen LogP contribution in [0.2, 0.25) is 0 Å². The summed E-state index contributed by atoms with van der Waals surface area (Å²) in [5.41, 5.74) is 1.05. The molecule has 2 rings (SSSR count). The number of ether oxygens (including phenoxy) is 2. The molecule has 0 bridgehead atoms. The van der Waals surface area contributed by atoms with Gasteiger partial charge in [-0.1, -0.05) is 6.92 Å². The van der Waals surface area contributed by atoms with Gasteiger partial charge in [0.25, 0.3) is 0 Å². The maximum Gasteiger partial charge on any atom is 0.414 e. The number of hydrogen-bond acceptors (Lipinski definition) is 7. The van der Waals surface area contributed by atoms with Crippen LogP contribution in [-0.2, 0) is 26.2 Å². The first-order valence-corrected chi connectivity index (χ1v) is 10.6. The standard InChI is InChI=1S/C16H26N2O4S.C2H2O4/c1-4-11-23(19,20)18-9-7-17(8-10-18)13-14-12-15(21-2)5-6-16(14)22-3;3-1(4)2(5)6/h5-6,12H,4,7-11,13H2,1-3H3;(H,3,4)(H,5,6). The van der Waals surface area contributed by atoms with Gasteiger partial charge < -0.3 is 19.7 Å². The van der Waals surface area contributed by atoms with Crippen LogP contribution in [0.3, 0.4) is 0 Å². The number of benzene rings is 1. The van der Waals surface area contributed by atoms with Gasteiger partial charge in [-0.3, -0.25) is 4.90 Å². The molecule has 0 atom stereocenters. The number of hydrogen-bond donors (Lipinski definition) is 2. The molecule has 0 spiro atoms. The summed E-state index contributed by atoms with van der Waals surface area (Å²) >= 11 is 0. The lowest BCUT2D eigenvalue weighted by molar-refractivity contribution is -0.159. The zero-order chi connectivity index (χ0) is 22.0. The van der Waals surface area contributed by atoms with E-state index in [-0.39, 0.29) is 5.75 Å². The average Bonchev–Trinajstić information content (AvgIpc) is 2.68. The van der Waals surface area contributed by atoms with Gasteiger partial charge in [0, 0.05) is 38.3 Å². The van der Waals surface area contributed by atoms with Crippen molar-refractivity contribution >= 4 is 22.0 Å². The Labute approximate surface area is 170 Å². The Morgan fingerprint density at radius 2 is 1.62 bits per heavy atom. The van der Waals surface area contributed by atoms with Crippen molar-refractivity contribution in [2.45, 2.75) is 19.9 Å². The van der Waals surface area contributed by atoms with Crippen LogP contribution < -0.4 is 9.47 Å². The van der Waals surface area contributed by atoms with Crippen LogP contribution in [-0.4, -0.2) is 85.9 Å². The van der Waals surface area contributed by atoms with Crippen molar-refractivity contribution < 1.29 is 37.7 Å². The Bertz CT molecular complexity index is 777. The van der Waals surface area contributed by atoms with Gasteiger partial charge in [-0.2, -0.15) is 4.31 Å². The Kier molecular flexibility index (Phi) is 9.86. The van der Waals surface area contributed by atoms with Gasteiger partial charge in [-0.05, 0) is 24.6 Å². The summed E-state index contributed by atoms with van der Waals surface area (Å²) in [6.07, 6.45) is 0.656. The van der Waals surface area contributed by atoms with Crippen LogP contribution in [0.1, 0.15) is 18.9 Å². The summed E-state index contributed by atoms with van der Waals surface area (Å²) in [6.45, 7) is 5.17. The van der Waals surface area contributed by atoms with E-state index in [0.717, 1.165) is 36.7 Å². The van der Waals surface area contributed by atoms with Gasteiger partial charge in [0.15, 0.2) is 0 Å². The maximum atomic E-state index is 12.1. The second-order valence-electron chi connectivity index (χ2n) is 6.28. The molecule has 29 heavy (non-hydrogen) atoms. The fourth-order valence-corrected chi connectivity index (χ4v) is 4.29. The van der Waals surface area contributed by atoms with E-state index < -0.39 is 22.0 Å². The molecule has 1 aromatic rings. The van der Waals surface area contributed by atoms with Crippen molar-refractivity contribution in [3.63, 3.8) is 0 Å². The molecule has 0 amide bonds. The number of piperazine rings is 1. The monoisotopic (exact) mass is 432 g/mol. The van der Waals surface area contributed by atoms with Gasteiger partial charge in [0.2, 0.25) is 10.0 Å². The predicted molar refractivity (Wildman–Crippen MR) is 106 cm³/mol. The highest BCUT2D eigenvalue weighted by molar-refractivity contribution is 7.89. The topological polar surface area (TPSA) is 134 Å². The minimum absolute atomic E-state index is 0.233. The highest BCUT2D eigenvalue weighted by Crippen LogP contribution is 2.25. The number of methoxy groups -OCH3 is 2. The third-order valence-electron chi connectivity index (χ3n) is 4.25. The first-order chi connectivity index (χ1) is 13.6. The van der Waals surface area contributed by atoms with E-state index in [2.05, 4.69) is 4.90 Å². The van der Waals surface area contributed by atoms with Crippen LogP contribution in [0.25, 0.3) is 0 Å². The molecule has 1 saturated heterocycles. The Morgan fingerprint density at radius 1 is 1.03 bits per heavy atom. The number of carboxylic acid groups (broad SMARTS) is 2. The van der Waals surface area contributed by atoms with Gasteiger partial charge in [0.05, 0.1) is 20.0 Å². The fourth-order valence-electron chi connectivity index (χ4n) is 2.80. The van der Waals surface area contributed by atoms with Crippen LogP contribution in [0.5, 0.6) is 11.5 Å². The highest BCUT2D eigenvalue weighted by Gasteiger charge is 2.26. The molecular formula is C18H28N2O8S. The molecular weight excluding hydrogens is 404 g/mol. The minimum atomic E-state index is -3.09. The van der Waals surface area contributed by atoms with Crippen LogP contribution >= 0.6 is 0 Å². The Balaban J connectivity index is 0.000000612. The number of sulfonamides is 1. The molecule has 2 N–H and O–H groups in total. The molecule has 0 aromatic heterocycles. The SMILES string of the molecule is CCCS(=O)(=O)N1CCN(Cc2cc(OC)ccc2OC)CC1.O=C(O)C(=O)O. The third-order valence-corrected chi connectivity index (χ3v) is 6.33. The van der Waals surface area contributed by atoms with E-state index in [1.807, 2.05) is 25.1 Å². The van der Waals surface area contributed by atoms with E-state index >= 15 is 0 Å². The summed E-state index contributed by atoms with van der Waals surface area (Å²) < 4.78 is 36.5. The van der Waals surface area contributed by atoms with E-state index in [9.17, 15) is 8.42 Å². The van der Waals surface area contributed by atoms with Crippen molar-refractivity contribution in [3.8, 4) is 11.5 Å². The molecule has 0 saturated carbocycles. The van der Waals surface area contributed by atoms with Crippen molar-refractivity contribution in [3.05, 3.63) is 23.8 Å². The van der Waals surface area contributed by atoms with Crippen LogP contribution in [0, 0.1) is 0 Å². The lowest BCUT2D eigenvalue weighted by atomic mass is 10.1. The molecule has 1 fully saturated rings. The van der Waals surface area contributed by atoms with Gasteiger partial charge in [-0.15, -0.1) is 0 Å². The predicted octanol–water partition coefficient (Wildman–Crippen LogP) is 0.717. The number of rotatable bonds is 7. The first-order valence-electron chi connectivity index (χ1n) is 9.01. The second-order valence-corrected chi connectivity index (χ2v) is 8.37. The number of carboxylic acids is 2. The zero-order valence-corrected chi connectivity index (χ0v) is 17.6. The second kappa shape index (κ2) is 11.6. The first kappa shape index (κ1) is 24.7. The normalized spacial score (nSPS) is 15.1. The van der Waals surface area contributed by atoms with Crippen molar-refractivity contribution in [2.75, 3.05) is 46.2 Å². The van der Waals surface area contributed by atoms with Crippen LogP contribution in [0.15, 0.2) is 18.2 Å². The molecule has 1 aromatic carbocycles. The van der Waals surface area contributed by atoms with Gasteiger partial charge >= 0.3 is 11.9 Å². The van der Waals surface area contributed by atoms with Crippen molar-refractivity contribution in [1.29, 1.82) is 0 Å². The smallest absolute Gasteiger partial charge is 0.414 e. The highest BCUT2D eigenvalue weighted by atomic mass is 32.2. The third kappa shape index (κ3) is 7.87. The quantitative estimate of drug-likeness (QED) is 0.598. The summed E-state index contributed by atoms with van der Waals surface area (Å²) in [7, 11) is 0.204. The molecule has 0 radical (unpaired) electrons. The molecule has 0 unspecified atom stereocenters. The van der Waals surface area contributed by atoms with Gasteiger partial charge in [-0.25, -0.2) is 18.0 Å². The molecule has 11 heteroatoms. The maximum absolute atomic E-state index is 12.1. The zero-order valence-electron chi connectivity index (χ0n) is 16.8. The van der Waals surface area contributed by atoms with Gasteiger partial charge in [0.1, 0.15) is 11.5 Å². The van der Waals surface area contributed by atoms with E-state index in [4.69, 9.17) is 29.3 Å². The molecule has 1 aliphatic heterocycles. The summed E-state index contributed by atoms with van der Waals surface area (Å²) in [6, 6.07) is 5.74. The lowest BCUT2D eigenvalue weighted by Crippen LogP contribution is -2.48. The minimum Gasteiger partial charge on any atom is -0.497 e. The van der Waals surface area contributed by atoms with Crippen molar-refractivity contribution in [1.82, 2.24) is 9.21 Å². The number of aliphatic carboxylic acids is 2. The largest absolute Gasteiger partial charge is 0.497 e. The van der Waals surface area contributed by atoms with E-state index in [0.29, 0.717) is 19.5 Å². The molecule has 1 heterocycles. The Morgan fingerprint density at radius 3 is 2.07 bits per heavy atom. The molecule has 10 nitrogen and oxygen atoms in total. The number of carbonyl (C=O) groups is 2. The van der Waals surface area contributed by atoms with E-state index in [1.165, 1.54) is 0 Å². The summed E-state index contributed by atoms with van der Waals surface area (Å²) in [5.74, 6) is -1.79. The molecule has 0 aliphatic carbocycles. The Hall–Kier alpha value is -2.37. The summed E-state index contributed by atoms with van der Waals surface area (Å²) in [4.78, 5) is 20.4. The number of nitrogens with zero attached hydrogens (tertiary/aromatic N) is 2. The summed E-state index contributed by atoms with van der Waals surface area (Å²) in [5, 5.41) is 14.8.